The summed E-state index contributed by atoms with van der Waals surface area (Å²) < 4.78 is 6.49. The van der Waals surface area contributed by atoms with Gasteiger partial charge in [0.1, 0.15) is 11.2 Å². The third-order valence-corrected chi connectivity index (χ3v) is 11.8. The molecule has 0 unspecified atom stereocenters. The summed E-state index contributed by atoms with van der Waals surface area (Å²) in [6.45, 7) is 0. The van der Waals surface area contributed by atoms with Crippen LogP contribution in [0.25, 0.3) is 65.7 Å². The van der Waals surface area contributed by atoms with E-state index in [1.54, 1.807) is 0 Å². The van der Waals surface area contributed by atoms with Crippen LogP contribution in [0.5, 0.6) is 0 Å². The molecule has 0 radical (unpaired) electrons. The number of para-hydroxylation sites is 2. The van der Waals surface area contributed by atoms with Crippen molar-refractivity contribution in [3.63, 3.8) is 0 Å². The fourth-order valence-corrected chi connectivity index (χ4v) is 9.80. The van der Waals surface area contributed by atoms with Crippen molar-refractivity contribution in [2.45, 2.75) is 5.41 Å². The van der Waals surface area contributed by atoms with E-state index in [9.17, 15) is 0 Å². The zero-order chi connectivity index (χ0) is 34.7. The van der Waals surface area contributed by atoms with Crippen molar-refractivity contribution in [1.82, 2.24) is 0 Å². The molecule has 10 aromatic rings. The summed E-state index contributed by atoms with van der Waals surface area (Å²) in [4.78, 5) is 2.43. The first-order valence-corrected chi connectivity index (χ1v) is 18.4. The standard InChI is InChI=1S/C51H31NO/c1-2-15-33(16-3-1)52(34-27-29-40-39-21-10-13-25-47(39)53-48(40)30-34)46-31-45-49(41-22-7-6-20-38(41)46)42-28-26-32-14-4-5-17-35(32)50(42)51(45)43-23-11-8-18-36(43)37-19-9-12-24-44(37)51/h1-31H. The Morgan fingerprint density at radius 1 is 0.377 bits per heavy atom. The Morgan fingerprint density at radius 2 is 1.00 bits per heavy atom. The van der Waals surface area contributed by atoms with Crippen LogP contribution in [0.4, 0.5) is 17.1 Å². The molecule has 0 atom stereocenters. The zero-order valence-electron chi connectivity index (χ0n) is 28.8. The zero-order valence-corrected chi connectivity index (χ0v) is 28.8. The number of benzene rings is 9. The van der Waals surface area contributed by atoms with Gasteiger partial charge in [-0.05, 0) is 97.1 Å². The van der Waals surface area contributed by atoms with E-state index in [2.05, 4.69) is 187 Å². The van der Waals surface area contributed by atoms with Gasteiger partial charge in [0.2, 0.25) is 0 Å². The topological polar surface area (TPSA) is 16.4 Å². The molecule has 2 aliphatic carbocycles. The maximum Gasteiger partial charge on any atom is 0.137 e. The lowest BCUT2D eigenvalue weighted by molar-refractivity contribution is 0.669. The Kier molecular flexibility index (Phi) is 5.73. The number of hydrogen-bond acceptors (Lipinski definition) is 2. The van der Waals surface area contributed by atoms with Crippen molar-refractivity contribution in [3.8, 4) is 22.3 Å². The van der Waals surface area contributed by atoms with Gasteiger partial charge in [-0.3, -0.25) is 0 Å². The van der Waals surface area contributed by atoms with Gasteiger partial charge >= 0.3 is 0 Å². The molecule has 9 aromatic carbocycles. The Bertz CT molecular complexity index is 3090. The number of fused-ring (bicyclic) bond motifs is 17. The number of rotatable bonds is 3. The second kappa shape index (κ2) is 10.6. The summed E-state index contributed by atoms with van der Waals surface area (Å²) in [7, 11) is 0. The lowest BCUT2D eigenvalue weighted by Crippen LogP contribution is -2.26. The van der Waals surface area contributed by atoms with Gasteiger partial charge in [0.05, 0.1) is 11.1 Å². The maximum atomic E-state index is 6.49. The van der Waals surface area contributed by atoms with Crippen LogP contribution < -0.4 is 4.90 Å². The molecule has 1 spiro atoms. The SMILES string of the molecule is c1ccc(N(c2ccc3c(c2)oc2ccccc23)c2cc3c(c4ccccc24)-c2ccc4ccccc4c2C32c3ccccc3-c3ccccc32)cc1. The number of anilines is 3. The minimum absolute atomic E-state index is 0.511. The number of nitrogens with zero attached hydrogens (tertiary/aromatic N) is 1. The lowest BCUT2D eigenvalue weighted by Gasteiger charge is -2.33. The van der Waals surface area contributed by atoms with Crippen LogP contribution in [0.1, 0.15) is 22.3 Å². The first kappa shape index (κ1) is 28.8. The van der Waals surface area contributed by atoms with Gasteiger partial charge in [-0.2, -0.15) is 0 Å². The van der Waals surface area contributed by atoms with Crippen molar-refractivity contribution in [2.75, 3.05) is 4.90 Å². The highest BCUT2D eigenvalue weighted by Crippen LogP contribution is 2.66. The lowest BCUT2D eigenvalue weighted by atomic mass is 9.69. The predicted octanol–water partition coefficient (Wildman–Crippen LogP) is 13.7. The maximum absolute atomic E-state index is 6.49. The molecular weight excluding hydrogens is 643 g/mol. The van der Waals surface area contributed by atoms with E-state index in [0.29, 0.717) is 0 Å². The van der Waals surface area contributed by atoms with Gasteiger partial charge in [-0.25, -0.2) is 0 Å². The van der Waals surface area contributed by atoms with Crippen LogP contribution in [0, 0.1) is 0 Å². The van der Waals surface area contributed by atoms with Crippen molar-refractivity contribution in [1.29, 1.82) is 0 Å². The quantitative estimate of drug-likeness (QED) is 0.186. The average molecular weight is 674 g/mol. The Labute approximate surface area is 306 Å². The van der Waals surface area contributed by atoms with Crippen LogP contribution in [-0.2, 0) is 5.41 Å². The Hall–Kier alpha value is -6.90. The van der Waals surface area contributed by atoms with Crippen molar-refractivity contribution >= 4 is 60.5 Å². The third kappa shape index (κ3) is 3.72. The van der Waals surface area contributed by atoms with Gasteiger partial charge < -0.3 is 9.32 Å². The van der Waals surface area contributed by atoms with Crippen LogP contribution in [0.2, 0.25) is 0 Å². The minimum atomic E-state index is -0.511. The molecule has 53 heavy (non-hydrogen) atoms. The van der Waals surface area contributed by atoms with E-state index >= 15 is 0 Å². The highest BCUT2D eigenvalue weighted by atomic mass is 16.3. The smallest absolute Gasteiger partial charge is 0.137 e. The van der Waals surface area contributed by atoms with Crippen LogP contribution in [0.15, 0.2) is 192 Å². The van der Waals surface area contributed by atoms with E-state index < -0.39 is 5.41 Å². The molecule has 0 aliphatic heterocycles. The fourth-order valence-electron chi connectivity index (χ4n) is 9.80. The molecular formula is C51H31NO. The highest BCUT2D eigenvalue weighted by Gasteiger charge is 2.53. The molecule has 246 valence electrons. The molecule has 1 aromatic heterocycles. The van der Waals surface area contributed by atoms with Crippen LogP contribution >= 0.6 is 0 Å². The van der Waals surface area contributed by atoms with Crippen molar-refractivity contribution < 1.29 is 4.42 Å². The van der Waals surface area contributed by atoms with Crippen LogP contribution in [-0.4, -0.2) is 0 Å². The molecule has 12 rings (SSSR count). The Morgan fingerprint density at radius 3 is 1.79 bits per heavy atom. The van der Waals surface area contributed by atoms with Crippen molar-refractivity contribution in [3.05, 3.63) is 210 Å². The molecule has 2 aliphatic rings. The molecule has 2 heteroatoms. The average Bonchev–Trinajstić information content (AvgIpc) is 3.85. The largest absolute Gasteiger partial charge is 0.456 e. The summed E-state index contributed by atoms with van der Waals surface area (Å²) in [5.74, 6) is 0. The van der Waals surface area contributed by atoms with E-state index in [0.717, 1.165) is 39.0 Å². The van der Waals surface area contributed by atoms with Gasteiger partial charge in [0.25, 0.3) is 0 Å². The Balaban J connectivity index is 1.24. The molecule has 1 heterocycles. The summed E-state index contributed by atoms with van der Waals surface area (Å²) in [6, 6.07) is 69.1. The molecule has 0 N–H and O–H groups in total. The molecule has 2 nitrogen and oxygen atoms in total. The minimum Gasteiger partial charge on any atom is -0.456 e. The fraction of sp³-hybridized carbons (Fsp3) is 0.0196. The van der Waals surface area contributed by atoms with Crippen LogP contribution in [0.3, 0.4) is 0 Å². The summed E-state index contributed by atoms with van der Waals surface area (Å²) in [5, 5.41) is 7.27. The molecule has 0 fully saturated rings. The number of hydrogen-bond donors (Lipinski definition) is 0. The van der Waals surface area contributed by atoms with E-state index in [1.165, 1.54) is 66.1 Å². The highest BCUT2D eigenvalue weighted by molar-refractivity contribution is 6.15. The molecule has 0 saturated carbocycles. The second-order valence-corrected chi connectivity index (χ2v) is 14.4. The second-order valence-electron chi connectivity index (χ2n) is 14.4. The third-order valence-electron chi connectivity index (χ3n) is 11.8. The van der Waals surface area contributed by atoms with E-state index in [1.807, 2.05) is 6.07 Å². The van der Waals surface area contributed by atoms with E-state index in [4.69, 9.17) is 4.42 Å². The predicted molar refractivity (Wildman–Crippen MR) is 220 cm³/mol. The number of furan rings is 1. The molecule has 0 bridgehead atoms. The first-order chi connectivity index (χ1) is 26.3. The van der Waals surface area contributed by atoms with Gasteiger partial charge in [-0.15, -0.1) is 0 Å². The van der Waals surface area contributed by atoms with E-state index in [-0.39, 0.29) is 0 Å². The van der Waals surface area contributed by atoms with Gasteiger partial charge in [0.15, 0.2) is 0 Å². The van der Waals surface area contributed by atoms with Crippen molar-refractivity contribution in [2.24, 2.45) is 0 Å². The van der Waals surface area contributed by atoms with Gasteiger partial charge in [-0.1, -0.05) is 146 Å². The summed E-state index contributed by atoms with van der Waals surface area (Å²) >= 11 is 0. The first-order valence-electron chi connectivity index (χ1n) is 18.4. The van der Waals surface area contributed by atoms with Gasteiger partial charge in [0, 0.05) is 33.6 Å². The normalized spacial score (nSPS) is 13.4. The summed E-state index contributed by atoms with van der Waals surface area (Å²) in [6.07, 6.45) is 0. The monoisotopic (exact) mass is 673 g/mol. The molecule has 0 amide bonds. The molecule has 0 saturated heterocycles. The summed E-state index contributed by atoms with van der Waals surface area (Å²) in [5.41, 5.74) is 15.2.